The fraction of sp³-hybridized carbons (Fsp3) is 0.333. The van der Waals surface area contributed by atoms with Gasteiger partial charge in [0.2, 0.25) is 0 Å². The summed E-state index contributed by atoms with van der Waals surface area (Å²) in [5.41, 5.74) is 0.765. The zero-order valence-corrected chi connectivity index (χ0v) is 9.23. The highest BCUT2D eigenvalue weighted by Crippen LogP contribution is 2.31. The van der Waals surface area contributed by atoms with Crippen molar-refractivity contribution in [3.8, 4) is 23.6 Å². The summed E-state index contributed by atoms with van der Waals surface area (Å²) >= 11 is 0. The smallest absolute Gasteiger partial charge is 0.161 e. The number of hydrogen-bond donors (Lipinski definition) is 0. The Kier molecular flexibility index (Phi) is 4.17. The molecule has 0 aliphatic carbocycles. The van der Waals surface area contributed by atoms with Crippen LogP contribution in [0, 0.1) is 22.7 Å². The van der Waals surface area contributed by atoms with Crippen molar-refractivity contribution in [2.24, 2.45) is 0 Å². The molecule has 0 amide bonds. The Balaban J connectivity index is 3.08. The Morgan fingerprint density at radius 1 is 1.19 bits per heavy atom. The number of rotatable bonds is 4. The Labute approximate surface area is 94.6 Å². The fourth-order valence-electron chi connectivity index (χ4n) is 1.40. The van der Waals surface area contributed by atoms with Crippen molar-refractivity contribution >= 4 is 0 Å². The van der Waals surface area contributed by atoms with E-state index < -0.39 is 5.92 Å². The van der Waals surface area contributed by atoms with E-state index in [-0.39, 0.29) is 6.42 Å². The van der Waals surface area contributed by atoms with Gasteiger partial charge in [-0.15, -0.1) is 0 Å². The van der Waals surface area contributed by atoms with Crippen LogP contribution in [0.2, 0.25) is 0 Å². The van der Waals surface area contributed by atoms with E-state index in [0.717, 1.165) is 5.56 Å². The second kappa shape index (κ2) is 5.63. The van der Waals surface area contributed by atoms with Crippen LogP contribution in [0.4, 0.5) is 0 Å². The summed E-state index contributed by atoms with van der Waals surface area (Å²) < 4.78 is 10.2. The van der Waals surface area contributed by atoms with Gasteiger partial charge in [0.1, 0.15) is 0 Å². The van der Waals surface area contributed by atoms with E-state index in [1.54, 1.807) is 25.3 Å². The van der Waals surface area contributed by atoms with Crippen LogP contribution in [-0.2, 0) is 0 Å². The van der Waals surface area contributed by atoms with Crippen molar-refractivity contribution in [3.05, 3.63) is 23.8 Å². The highest BCUT2D eigenvalue weighted by molar-refractivity contribution is 5.45. The van der Waals surface area contributed by atoms with Gasteiger partial charge in [-0.3, -0.25) is 0 Å². The molecule has 1 aromatic carbocycles. The lowest BCUT2D eigenvalue weighted by Gasteiger charge is -2.11. The zero-order valence-electron chi connectivity index (χ0n) is 9.23. The van der Waals surface area contributed by atoms with E-state index in [1.807, 2.05) is 6.07 Å². The fourth-order valence-corrected chi connectivity index (χ4v) is 1.40. The molecule has 1 rings (SSSR count). The molecule has 0 aliphatic heterocycles. The maximum Gasteiger partial charge on any atom is 0.161 e. The van der Waals surface area contributed by atoms with E-state index in [1.165, 1.54) is 7.11 Å². The van der Waals surface area contributed by atoms with E-state index in [2.05, 4.69) is 6.07 Å². The van der Waals surface area contributed by atoms with Crippen LogP contribution in [0.25, 0.3) is 0 Å². The van der Waals surface area contributed by atoms with Crippen LogP contribution in [0.3, 0.4) is 0 Å². The number of nitriles is 2. The van der Waals surface area contributed by atoms with Gasteiger partial charge in [-0.1, -0.05) is 6.07 Å². The van der Waals surface area contributed by atoms with Gasteiger partial charge in [-0.25, -0.2) is 0 Å². The third-order valence-electron chi connectivity index (χ3n) is 2.26. The van der Waals surface area contributed by atoms with Gasteiger partial charge in [-0.05, 0) is 17.7 Å². The Morgan fingerprint density at radius 3 is 2.38 bits per heavy atom. The molecule has 0 heterocycles. The van der Waals surface area contributed by atoms with Gasteiger partial charge in [0, 0.05) is 0 Å². The largest absolute Gasteiger partial charge is 0.493 e. The van der Waals surface area contributed by atoms with E-state index in [0.29, 0.717) is 11.5 Å². The first-order valence-corrected chi connectivity index (χ1v) is 4.75. The molecule has 16 heavy (non-hydrogen) atoms. The SMILES string of the molecule is COc1ccc([C@H](C#N)CC#N)cc1OC. The quantitative estimate of drug-likeness (QED) is 0.774. The van der Waals surface area contributed by atoms with Crippen LogP contribution in [0.15, 0.2) is 18.2 Å². The molecule has 4 nitrogen and oxygen atoms in total. The van der Waals surface area contributed by atoms with Gasteiger partial charge >= 0.3 is 0 Å². The maximum atomic E-state index is 8.93. The topological polar surface area (TPSA) is 66.0 Å². The van der Waals surface area contributed by atoms with Gasteiger partial charge in [0.15, 0.2) is 11.5 Å². The molecule has 0 N–H and O–H groups in total. The maximum absolute atomic E-state index is 8.93. The average Bonchev–Trinajstić information content (AvgIpc) is 2.35. The van der Waals surface area contributed by atoms with Crippen LogP contribution in [0.5, 0.6) is 11.5 Å². The number of ether oxygens (including phenoxy) is 2. The van der Waals surface area contributed by atoms with Gasteiger partial charge < -0.3 is 9.47 Å². The van der Waals surface area contributed by atoms with Gasteiger partial charge in [0.25, 0.3) is 0 Å². The van der Waals surface area contributed by atoms with Crippen LogP contribution in [-0.4, -0.2) is 14.2 Å². The summed E-state index contributed by atoms with van der Waals surface area (Å²) in [6, 6.07) is 9.31. The number of hydrogen-bond acceptors (Lipinski definition) is 4. The second-order valence-electron chi connectivity index (χ2n) is 3.16. The van der Waals surface area contributed by atoms with E-state index in [9.17, 15) is 0 Å². The molecule has 0 spiro atoms. The average molecular weight is 216 g/mol. The Morgan fingerprint density at radius 2 is 1.88 bits per heavy atom. The van der Waals surface area contributed by atoms with Crippen molar-refractivity contribution in [1.82, 2.24) is 0 Å². The lowest BCUT2D eigenvalue weighted by molar-refractivity contribution is 0.354. The number of nitrogens with zero attached hydrogens (tertiary/aromatic N) is 2. The van der Waals surface area contributed by atoms with Crippen LogP contribution >= 0.6 is 0 Å². The minimum absolute atomic E-state index is 0.173. The molecular formula is C12H12N2O2. The lowest BCUT2D eigenvalue weighted by Crippen LogP contribution is -1.97. The summed E-state index contributed by atoms with van der Waals surface area (Å²) in [5, 5.41) is 17.5. The molecular weight excluding hydrogens is 204 g/mol. The first-order valence-electron chi connectivity index (χ1n) is 4.75. The third kappa shape index (κ3) is 2.43. The molecule has 0 unspecified atom stereocenters. The monoisotopic (exact) mass is 216 g/mol. The standard InChI is InChI=1S/C12H12N2O2/c1-15-11-4-3-9(7-12(11)16-2)10(8-14)5-6-13/h3-4,7,10H,5H2,1-2H3/t10-/m0/s1. The minimum Gasteiger partial charge on any atom is -0.493 e. The highest BCUT2D eigenvalue weighted by atomic mass is 16.5. The molecule has 0 aromatic heterocycles. The Bertz CT molecular complexity index is 443. The summed E-state index contributed by atoms with van der Waals surface area (Å²) in [7, 11) is 3.09. The predicted octanol–water partition coefficient (Wildman–Crippen LogP) is 2.22. The molecule has 0 fully saturated rings. The van der Waals surface area contributed by atoms with E-state index in [4.69, 9.17) is 20.0 Å². The summed E-state index contributed by atoms with van der Waals surface area (Å²) in [6.45, 7) is 0. The van der Waals surface area contributed by atoms with Crippen molar-refractivity contribution in [2.45, 2.75) is 12.3 Å². The predicted molar refractivity (Wildman–Crippen MR) is 58.1 cm³/mol. The molecule has 0 radical (unpaired) electrons. The van der Waals surface area contributed by atoms with Crippen molar-refractivity contribution in [3.63, 3.8) is 0 Å². The normalized spacial score (nSPS) is 11.0. The Hall–Kier alpha value is -2.20. The number of methoxy groups -OCH3 is 2. The minimum atomic E-state index is -0.426. The summed E-state index contributed by atoms with van der Waals surface area (Å²) in [6.07, 6.45) is 0.173. The molecule has 0 aliphatic rings. The first-order chi connectivity index (χ1) is 7.76. The van der Waals surface area contributed by atoms with Crippen LogP contribution < -0.4 is 9.47 Å². The van der Waals surface area contributed by atoms with Crippen molar-refractivity contribution in [1.29, 1.82) is 10.5 Å². The summed E-state index contributed by atoms with van der Waals surface area (Å²) in [5.74, 6) is 0.753. The first kappa shape index (κ1) is 11.9. The highest BCUT2D eigenvalue weighted by Gasteiger charge is 2.13. The zero-order chi connectivity index (χ0) is 12.0. The number of benzene rings is 1. The van der Waals surface area contributed by atoms with Gasteiger partial charge in [-0.2, -0.15) is 10.5 Å². The molecule has 0 bridgehead atoms. The van der Waals surface area contributed by atoms with Gasteiger partial charge in [0.05, 0.1) is 38.7 Å². The molecule has 82 valence electrons. The van der Waals surface area contributed by atoms with Crippen molar-refractivity contribution < 1.29 is 9.47 Å². The summed E-state index contributed by atoms with van der Waals surface area (Å²) in [4.78, 5) is 0. The molecule has 0 saturated carbocycles. The third-order valence-corrected chi connectivity index (χ3v) is 2.26. The lowest BCUT2D eigenvalue weighted by atomic mass is 9.97. The molecule has 1 aromatic rings. The molecule has 4 heteroatoms. The van der Waals surface area contributed by atoms with Crippen LogP contribution in [0.1, 0.15) is 17.9 Å². The second-order valence-corrected chi connectivity index (χ2v) is 3.16. The molecule has 0 saturated heterocycles. The molecule has 1 atom stereocenters. The van der Waals surface area contributed by atoms with E-state index >= 15 is 0 Å². The van der Waals surface area contributed by atoms with Crippen molar-refractivity contribution in [2.75, 3.05) is 14.2 Å².